The molecule has 21 heavy (non-hydrogen) atoms. The van der Waals surface area contributed by atoms with Gasteiger partial charge in [0.05, 0.1) is 0 Å². The molecule has 1 aliphatic heterocycles. The molecule has 0 spiro atoms. The lowest BCUT2D eigenvalue weighted by molar-refractivity contribution is 0.0672. The van der Waals surface area contributed by atoms with Crippen molar-refractivity contribution in [2.24, 2.45) is 11.1 Å². The van der Waals surface area contributed by atoms with Crippen LogP contribution in [0.15, 0.2) is 17.2 Å². The van der Waals surface area contributed by atoms with E-state index in [2.05, 4.69) is 6.92 Å². The fourth-order valence-corrected chi connectivity index (χ4v) is 3.51. The summed E-state index contributed by atoms with van der Waals surface area (Å²) in [6.07, 6.45) is 5.60. The number of rotatable bonds is 3. The molecular weight excluding hydrogens is 290 g/mol. The molecule has 3 rings (SSSR count). The van der Waals surface area contributed by atoms with Gasteiger partial charge in [-0.3, -0.25) is 4.79 Å². The molecule has 1 unspecified atom stereocenters. The van der Waals surface area contributed by atoms with Crippen molar-refractivity contribution < 1.29 is 13.2 Å². The maximum Gasteiger partial charge on any atom is 0.270 e. The van der Waals surface area contributed by atoms with Crippen LogP contribution >= 0.6 is 0 Å². The Bertz CT molecular complexity index is 661. The first kappa shape index (κ1) is 14.6. The lowest BCUT2D eigenvalue weighted by Gasteiger charge is -2.31. The molecule has 1 saturated carbocycles. The van der Waals surface area contributed by atoms with E-state index >= 15 is 0 Å². The maximum atomic E-state index is 12.7. The summed E-state index contributed by atoms with van der Waals surface area (Å²) in [5.74, 6) is 0.410. The third-order valence-electron chi connectivity index (χ3n) is 4.26. The number of sulfonamides is 1. The number of likely N-dealkylation sites (tertiary alicyclic amines) is 1. The van der Waals surface area contributed by atoms with Gasteiger partial charge in [0.1, 0.15) is 10.6 Å². The molecule has 1 atom stereocenters. The number of hydrogen-bond donors (Lipinski definition) is 1. The summed E-state index contributed by atoms with van der Waals surface area (Å²) in [6.45, 7) is 3.61. The first-order valence-electron chi connectivity index (χ1n) is 7.40. The summed E-state index contributed by atoms with van der Waals surface area (Å²) in [7, 11) is -3.78. The monoisotopic (exact) mass is 311 g/mol. The number of piperidine rings is 1. The van der Waals surface area contributed by atoms with Crippen LogP contribution in [0.4, 0.5) is 0 Å². The Labute approximate surface area is 125 Å². The molecule has 2 heterocycles. The maximum absolute atomic E-state index is 12.7. The van der Waals surface area contributed by atoms with Gasteiger partial charge >= 0.3 is 0 Å². The van der Waals surface area contributed by atoms with Crippen molar-refractivity contribution in [1.29, 1.82) is 0 Å². The molecule has 1 aromatic rings. The zero-order valence-electron chi connectivity index (χ0n) is 12.2. The Kier molecular flexibility index (Phi) is 3.57. The number of carbonyl (C=O) groups is 1. The molecule has 0 aromatic carbocycles. The normalized spacial score (nSPS) is 23.3. The van der Waals surface area contributed by atoms with E-state index in [4.69, 9.17) is 5.14 Å². The first-order chi connectivity index (χ1) is 9.86. The molecule has 2 aliphatic rings. The molecule has 2 fully saturated rings. The predicted octanol–water partition coefficient (Wildman–Crippen LogP) is 1.34. The SMILES string of the molecule is CC1CCCN(C(=O)c2cc(S(N)(=O)=O)cn2C2CC2)C1. The third-order valence-corrected chi connectivity index (χ3v) is 5.14. The highest BCUT2D eigenvalue weighted by Gasteiger charge is 2.32. The van der Waals surface area contributed by atoms with Crippen LogP contribution in [0.1, 0.15) is 49.1 Å². The summed E-state index contributed by atoms with van der Waals surface area (Å²) in [6, 6.07) is 1.66. The summed E-state index contributed by atoms with van der Waals surface area (Å²) in [5.41, 5.74) is 0.454. The summed E-state index contributed by atoms with van der Waals surface area (Å²) in [5, 5.41) is 5.19. The van der Waals surface area contributed by atoms with Gasteiger partial charge in [-0.15, -0.1) is 0 Å². The number of amides is 1. The molecule has 0 radical (unpaired) electrons. The Balaban J connectivity index is 1.93. The van der Waals surface area contributed by atoms with E-state index in [1.165, 1.54) is 12.3 Å². The fourth-order valence-electron chi connectivity index (χ4n) is 2.97. The van der Waals surface area contributed by atoms with Crippen LogP contribution in [0.2, 0.25) is 0 Å². The Morgan fingerprint density at radius 1 is 1.33 bits per heavy atom. The highest BCUT2D eigenvalue weighted by molar-refractivity contribution is 7.89. The number of nitrogens with zero attached hydrogens (tertiary/aromatic N) is 2. The Morgan fingerprint density at radius 2 is 2.05 bits per heavy atom. The topological polar surface area (TPSA) is 85.4 Å². The number of primary sulfonamides is 1. The predicted molar refractivity (Wildman–Crippen MR) is 78.4 cm³/mol. The molecule has 6 nitrogen and oxygen atoms in total. The number of nitrogens with two attached hydrogens (primary N) is 1. The standard InChI is InChI=1S/C14H21N3O3S/c1-10-3-2-6-16(8-10)14(18)13-7-12(21(15,19)20)9-17(13)11-4-5-11/h7,9-11H,2-6,8H2,1H3,(H2,15,19,20). The Hall–Kier alpha value is -1.34. The summed E-state index contributed by atoms with van der Waals surface area (Å²) in [4.78, 5) is 14.6. The zero-order valence-corrected chi connectivity index (χ0v) is 13.0. The highest BCUT2D eigenvalue weighted by Crippen LogP contribution is 2.37. The average molecular weight is 311 g/mol. The highest BCUT2D eigenvalue weighted by atomic mass is 32.2. The molecular formula is C14H21N3O3S. The smallest absolute Gasteiger partial charge is 0.270 e. The lowest BCUT2D eigenvalue weighted by atomic mass is 10.00. The van der Waals surface area contributed by atoms with Gasteiger partial charge in [0, 0.05) is 25.3 Å². The van der Waals surface area contributed by atoms with Gasteiger partial charge < -0.3 is 9.47 Å². The van der Waals surface area contributed by atoms with Crippen LogP contribution in [-0.2, 0) is 10.0 Å². The van der Waals surface area contributed by atoms with Crippen LogP contribution in [-0.4, -0.2) is 36.9 Å². The van der Waals surface area contributed by atoms with Crippen molar-refractivity contribution in [2.75, 3.05) is 13.1 Å². The number of hydrogen-bond acceptors (Lipinski definition) is 3. The van der Waals surface area contributed by atoms with Gasteiger partial charge in [0.2, 0.25) is 10.0 Å². The number of carbonyl (C=O) groups excluding carboxylic acids is 1. The molecule has 1 saturated heterocycles. The van der Waals surface area contributed by atoms with Crippen LogP contribution in [0, 0.1) is 5.92 Å². The fraction of sp³-hybridized carbons (Fsp3) is 0.643. The molecule has 1 aromatic heterocycles. The van der Waals surface area contributed by atoms with E-state index in [9.17, 15) is 13.2 Å². The van der Waals surface area contributed by atoms with E-state index in [1.807, 2.05) is 4.90 Å². The van der Waals surface area contributed by atoms with Gasteiger partial charge in [-0.1, -0.05) is 6.92 Å². The summed E-state index contributed by atoms with van der Waals surface area (Å²) < 4.78 is 24.9. The summed E-state index contributed by atoms with van der Waals surface area (Å²) >= 11 is 0. The average Bonchev–Trinajstić information content (AvgIpc) is 3.15. The molecule has 1 amide bonds. The van der Waals surface area contributed by atoms with E-state index in [-0.39, 0.29) is 16.8 Å². The minimum absolute atomic E-state index is 0.0304. The quantitative estimate of drug-likeness (QED) is 0.914. The van der Waals surface area contributed by atoms with E-state index in [0.29, 0.717) is 11.6 Å². The van der Waals surface area contributed by atoms with Crippen LogP contribution in [0.5, 0.6) is 0 Å². The van der Waals surface area contributed by atoms with Crippen molar-refractivity contribution in [3.05, 3.63) is 18.0 Å². The number of aromatic nitrogens is 1. The Morgan fingerprint density at radius 3 is 2.62 bits per heavy atom. The first-order valence-corrected chi connectivity index (χ1v) is 8.95. The van der Waals surface area contributed by atoms with E-state index in [0.717, 1.165) is 38.8 Å². The zero-order chi connectivity index (χ0) is 15.2. The van der Waals surface area contributed by atoms with Gasteiger partial charge in [0.15, 0.2) is 0 Å². The second-order valence-corrected chi connectivity index (χ2v) is 7.80. The minimum Gasteiger partial charge on any atom is -0.339 e. The largest absolute Gasteiger partial charge is 0.339 e. The van der Waals surface area contributed by atoms with Gasteiger partial charge in [-0.25, -0.2) is 13.6 Å². The second-order valence-electron chi connectivity index (χ2n) is 6.24. The molecule has 2 N–H and O–H groups in total. The van der Waals surface area contributed by atoms with Crippen molar-refractivity contribution in [3.8, 4) is 0 Å². The molecule has 7 heteroatoms. The van der Waals surface area contributed by atoms with Crippen molar-refractivity contribution in [3.63, 3.8) is 0 Å². The minimum atomic E-state index is -3.78. The van der Waals surface area contributed by atoms with Crippen LogP contribution in [0.3, 0.4) is 0 Å². The second kappa shape index (κ2) is 5.14. The van der Waals surface area contributed by atoms with Crippen molar-refractivity contribution >= 4 is 15.9 Å². The van der Waals surface area contributed by atoms with Gasteiger partial charge in [-0.2, -0.15) is 0 Å². The van der Waals surface area contributed by atoms with E-state index in [1.54, 1.807) is 4.57 Å². The van der Waals surface area contributed by atoms with Crippen molar-refractivity contribution in [2.45, 2.75) is 43.5 Å². The lowest BCUT2D eigenvalue weighted by Crippen LogP contribution is -2.39. The van der Waals surface area contributed by atoms with Crippen LogP contribution < -0.4 is 5.14 Å². The van der Waals surface area contributed by atoms with E-state index < -0.39 is 10.0 Å². The third kappa shape index (κ3) is 2.98. The van der Waals surface area contributed by atoms with Crippen molar-refractivity contribution in [1.82, 2.24) is 9.47 Å². The van der Waals surface area contributed by atoms with Gasteiger partial charge in [-0.05, 0) is 37.7 Å². The van der Waals surface area contributed by atoms with Gasteiger partial charge in [0.25, 0.3) is 5.91 Å². The molecule has 116 valence electrons. The van der Waals surface area contributed by atoms with Crippen LogP contribution in [0.25, 0.3) is 0 Å². The molecule has 0 bridgehead atoms. The molecule has 1 aliphatic carbocycles.